The summed E-state index contributed by atoms with van der Waals surface area (Å²) in [5, 5.41) is 3.23. The minimum Gasteiger partial charge on any atom is -0.444 e. The molecule has 2 heterocycles. The van der Waals surface area contributed by atoms with Crippen molar-refractivity contribution in [1.82, 2.24) is 14.5 Å². The summed E-state index contributed by atoms with van der Waals surface area (Å²) in [6, 6.07) is 0.0450. The van der Waals surface area contributed by atoms with E-state index in [9.17, 15) is 13.8 Å². The molecule has 0 aromatic carbocycles. The van der Waals surface area contributed by atoms with Gasteiger partial charge in [0.15, 0.2) is 16.9 Å². The molecule has 9 nitrogen and oxygen atoms in total. The molecule has 1 aliphatic rings. The number of nitrogens with one attached hydrogen (secondary N) is 1. The Balaban J connectivity index is 1.97. The SMILES string of the molecule is CS(=O)OCCn1c(Cl)cnc(NCCC2CCCCN2C(=O)OC(C)(C)C)c1=O. The molecule has 1 aromatic heterocycles. The number of likely N-dealkylation sites (tertiary alicyclic amines) is 1. The van der Waals surface area contributed by atoms with E-state index in [1.807, 2.05) is 20.8 Å². The summed E-state index contributed by atoms with van der Waals surface area (Å²) < 4.78 is 22.9. The lowest BCUT2D eigenvalue weighted by molar-refractivity contribution is 0.00929. The molecule has 11 heteroatoms. The van der Waals surface area contributed by atoms with Crippen molar-refractivity contribution >= 4 is 34.6 Å². The number of piperidine rings is 1. The number of ether oxygens (including phenoxy) is 1. The van der Waals surface area contributed by atoms with Gasteiger partial charge in [0.1, 0.15) is 10.8 Å². The zero-order valence-corrected chi connectivity index (χ0v) is 19.6. The number of nitrogens with zero attached hydrogens (tertiary/aromatic N) is 3. The number of hydrogen-bond donors (Lipinski definition) is 1. The topological polar surface area (TPSA) is 103 Å². The first-order valence-electron chi connectivity index (χ1n) is 10.0. The molecule has 1 aliphatic heterocycles. The monoisotopic (exact) mass is 462 g/mol. The highest BCUT2D eigenvalue weighted by Gasteiger charge is 2.30. The number of anilines is 1. The van der Waals surface area contributed by atoms with E-state index in [0.717, 1.165) is 19.3 Å². The van der Waals surface area contributed by atoms with Crippen LogP contribution in [0.1, 0.15) is 46.5 Å². The zero-order chi connectivity index (χ0) is 22.3. The molecular formula is C19H31ClN4O5S. The largest absolute Gasteiger partial charge is 0.444 e. The van der Waals surface area contributed by atoms with Gasteiger partial charge in [-0.15, -0.1) is 0 Å². The van der Waals surface area contributed by atoms with E-state index in [1.165, 1.54) is 17.0 Å². The molecule has 0 aliphatic carbocycles. The van der Waals surface area contributed by atoms with Gasteiger partial charge in [0, 0.05) is 25.4 Å². The molecule has 0 saturated carbocycles. The number of carbonyl (C=O) groups excluding carboxylic acids is 1. The van der Waals surface area contributed by atoms with Gasteiger partial charge in [-0.2, -0.15) is 0 Å². The summed E-state index contributed by atoms with van der Waals surface area (Å²) in [6.45, 7) is 6.97. The molecule has 0 spiro atoms. The van der Waals surface area contributed by atoms with Gasteiger partial charge in [0.05, 0.1) is 19.3 Å². The Morgan fingerprint density at radius 3 is 2.80 bits per heavy atom. The third-order valence-corrected chi connectivity index (χ3v) is 5.40. The molecule has 1 fully saturated rings. The number of hydrogen-bond acceptors (Lipinski definition) is 7. The Hall–Kier alpha value is -1.65. The average Bonchev–Trinajstić information content (AvgIpc) is 2.65. The zero-order valence-electron chi connectivity index (χ0n) is 18.0. The first-order valence-corrected chi connectivity index (χ1v) is 11.9. The molecular weight excluding hydrogens is 432 g/mol. The predicted molar refractivity (Wildman–Crippen MR) is 117 cm³/mol. The molecule has 1 saturated heterocycles. The molecule has 1 N–H and O–H groups in total. The van der Waals surface area contributed by atoms with Crippen molar-refractivity contribution in [2.75, 3.05) is 31.3 Å². The maximum atomic E-state index is 12.6. The van der Waals surface area contributed by atoms with Gasteiger partial charge >= 0.3 is 6.09 Å². The Labute approximate surface area is 184 Å². The van der Waals surface area contributed by atoms with Crippen LogP contribution >= 0.6 is 11.6 Å². The number of carbonyl (C=O) groups is 1. The molecule has 1 aromatic rings. The number of amides is 1. The fraction of sp³-hybridized carbons (Fsp3) is 0.737. The summed E-state index contributed by atoms with van der Waals surface area (Å²) in [5.74, 6) is 0.177. The van der Waals surface area contributed by atoms with E-state index in [2.05, 4.69) is 10.3 Å². The molecule has 1 amide bonds. The second kappa shape index (κ2) is 11.1. The quantitative estimate of drug-likeness (QED) is 0.633. The Bertz CT molecular complexity index is 811. The molecule has 0 radical (unpaired) electrons. The van der Waals surface area contributed by atoms with Gasteiger partial charge in [0.2, 0.25) is 0 Å². The minimum atomic E-state index is -1.41. The van der Waals surface area contributed by atoms with E-state index >= 15 is 0 Å². The van der Waals surface area contributed by atoms with Crippen molar-refractivity contribution in [2.24, 2.45) is 0 Å². The maximum Gasteiger partial charge on any atom is 0.410 e. The number of halogens is 1. The van der Waals surface area contributed by atoms with E-state index in [1.54, 1.807) is 4.90 Å². The van der Waals surface area contributed by atoms with Crippen LogP contribution in [0.25, 0.3) is 0 Å². The third-order valence-electron chi connectivity index (χ3n) is 4.60. The van der Waals surface area contributed by atoms with Gasteiger partial charge in [-0.3, -0.25) is 13.5 Å². The molecule has 2 unspecified atom stereocenters. The normalized spacial score (nSPS) is 18.2. The van der Waals surface area contributed by atoms with Crippen molar-refractivity contribution in [3.05, 3.63) is 21.7 Å². The molecule has 30 heavy (non-hydrogen) atoms. The Morgan fingerprint density at radius 2 is 2.13 bits per heavy atom. The number of rotatable bonds is 8. The van der Waals surface area contributed by atoms with E-state index in [-0.39, 0.29) is 41.8 Å². The van der Waals surface area contributed by atoms with Gasteiger partial charge in [-0.25, -0.2) is 14.0 Å². The standard InChI is InChI=1S/C19H31ClN4O5S/c1-19(2,3)29-18(26)23-10-6-5-7-14(23)8-9-21-16-17(25)24(15(20)13-22-16)11-12-28-30(4)27/h13-14H,5-12H2,1-4H3,(H,21,22). The van der Waals surface area contributed by atoms with E-state index in [0.29, 0.717) is 19.5 Å². The van der Waals surface area contributed by atoms with Gasteiger partial charge in [0.25, 0.3) is 5.56 Å². The predicted octanol–water partition coefficient (Wildman–Crippen LogP) is 2.80. The molecule has 170 valence electrons. The summed E-state index contributed by atoms with van der Waals surface area (Å²) in [4.78, 5) is 31.0. The maximum absolute atomic E-state index is 12.6. The highest BCUT2D eigenvalue weighted by Crippen LogP contribution is 2.22. The molecule has 2 atom stereocenters. The van der Waals surface area contributed by atoms with Crippen LogP contribution in [0.3, 0.4) is 0 Å². The van der Waals surface area contributed by atoms with Crippen LogP contribution in [-0.4, -0.2) is 62.3 Å². The smallest absolute Gasteiger partial charge is 0.410 e. The highest BCUT2D eigenvalue weighted by atomic mass is 35.5. The minimum absolute atomic E-state index is 0.0450. The van der Waals surface area contributed by atoms with Crippen LogP contribution in [0, 0.1) is 0 Å². The first kappa shape index (κ1) is 24.6. The Kier molecular flexibility index (Phi) is 9.11. The summed E-state index contributed by atoms with van der Waals surface area (Å²) in [7, 11) is 0. The van der Waals surface area contributed by atoms with Crippen LogP contribution < -0.4 is 10.9 Å². The van der Waals surface area contributed by atoms with Crippen molar-refractivity contribution in [1.29, 1.82) is 0 Å². The van der Waals surface area contributed by atoms with Crippen molar-refractivity contribution < 1.29 is 17.9 Å². The third kappa shape index (κ3) is 7.55. The van der Waals surface area contributed by atoms with E-state index < -0.39 is 16.7 Å². The van der Waals surface area contributed by atoms with Crippen molar-refractivity contribution in [2.45, 2.75) is 64.6 Å². The second-order valence-corrected chi connectivity index (χ2v) is 9.57. The van der Waals surface area contributed by atoms with Crippen LogP contribution in [0.5, 0.6) is 0 Å². The fourth-order valence-corrected chi connectivity index (χ4v) is 3.78. The van der Waals surface area contributed by atoms with Crippen molar-refractivity contribution in [3.8, 4) is 0 Å². The number of aromatic nitrogens is 2. The van der Waals surface area contributed by atoms with Crippen LogP contribution in [0.4, 0.5) is 10.6 Å². The first-order chi connectivity index (χ1) is 14.1. The summed E-state index contributed by atoms with van der Waals surface area (Å²) in [5.41, 5.74) is -0.912. The van der Waals surface area contributed by atoms with Gasteiger partial charge < -0.3 is 15.0 Å². The fourth-order valence-electron chi connectivity index (χ4n) is 3.26. The Morgan fingerprint density at radius 1 is 1.40 bits per heavy atom. The van der Waals surface area contributed by atoms with Crippen molar-refractivity contribution in [3.63, 3.8) is 0 Å². The summed E-state index contributed by atoms with van der Waals surface area (Å²) >= 11 is 4.65. The lowest BCUT2D eigenvalue weighted by atomic mass is 10.00. The molecule has 0 bridgehead atoms. The molecule has 2 rings (SSSR count). The lowest BCUT2D eigenvalue weighted by Gasteiger charge is -2.36. The van der Waals surface area contributed by atoms with E-state index in [4.69, 9.17) is 20.5 Å². The van der Waals surface area contributed by atoms with Crippen LogP contribution in [-0.2, 0) is 26.5 Å². The van der Waals surface area contributed by atoms with Gasteiger partial charge in [-0.1, -0.05) is 11.6 Å². The van der Waals surface area contributed by atoms with Crippen LogP contribution in [0.2, 0.25) is 5.15 Å². The highest BCUT2D eigenvalue weighted by molar-refractivity contribution is 7.79. The lowest BCUT2D eigenvalue weighted by Crippen LogP contribution is -2.46. The van der Waals surface area contributed by atoms with Gasteiger partial charge in [-0.05, 0) is 46.5 Å². The summed E-state index contributed by atoms with van der Waals surface area (Å²) in [6.07, 6.45) is 6.07. The van der Waals surface area contributed by atoms with Crippen LogP contribution in [0.15, 0.2) is 11.0 Å². The average molecular weight is 463 g/mol. The second-order valence-electron chi connectivity index (χ2n) is 8.15.